The van der Waals surface area contributed by atoms with Gasteiger partial charge in [-0.05, 0) is 68.7 Å². The molecule has 0 aliphatic rings. The maximum absolute atomic E-state index is 12.6. The molecular weight excluding hydrogens is 396 g/mol. The number of carbonyl (C=O) groups is 2. The second-order valence-electron chi connectivity index (χ2n) is 7.15. The first-order chi connectivity index (χ1) is 14.4. The van der Waals surface area contributed by atoms with E-state index in [4.69, 9.17) is 0 Å². The summed E-state index contributed by atoms with van der Waals surface area (Å²) in [6.07, 6.45) is 3.63. The molecule has 1 aromatic heterocycles. The Morgan fingerprint density at radius 2 is 1.80 bits per heavy atom. The van der Waals surface area contributed by atoms with E-state index in [9.17, 15) is 9.59 Å². The molecule has 2 amide bonds. The number of hydrogen-bond donors (Lipinski definition) is 2. The summed E-state index contributed by atoms with van der Waals surface area (Å²) in [5.74, 6) is -0.0870. The number of rotatable bonds is 7. The van der Waals surface area contributed by atoms with E-state index in [1.165, 1.54) is 22.9 Å². The van der Waals surface area contributed by atoms with E-state index in [-0.39, 0.29) is 17.6 Å². The lowest BCUT2D eigenvalue weighted by Gasteiger charge is -2.12. The van der Waals surface area contributed by atoms with Crippen molar-refractivity contribution in [2.24, 2.45) is 0 Å². The minimum Gasteiger partial charge on any atom is -0.352 e. The topological polar surface area (TPSA) is 76.0 Å². The zero-order valence-corrected chi connectivity index (χ0v) is 18.5. The van der Waals surface area contributed by atoms with Gasteiger partial charge in [0.2, 0.25) is 5.91 Å². The van der Waals surface area contributed by atoms with Crippen LogP contribution in [0.15, 0.2) is 53.9 Å². The molecule has 2 N–H and O–H groups in total. The predicted octanol–water partition coefficient (Wildman–Crippen LogP) is 4.28. The molecular formula is C23H26N4O2S. The highest BCUT2D eigenvalue weighted by Gasteiger charge is 2.12. The van der Waals surface area contributed by atoms with Gasteiger partial charge < -0.3 is 10.6 Å². The highest BCUT2D eigenvalue weighted by Crippen LogP contribution is 2.23. The molecule has 3 rings (SSSR count). The Kier molecular flexibility index (Phi) is 6.95. The Labute approximate surface area is 181 Å². The van der Waals surface area contributed by atoms with Crippen molar-refractivity contribution in [3.63, 3.8) is 0 Å². The zero-order chi connectivity index (χ0) is 21.7. The lowest BCUT2D eigenvalue weighted by molar-refractivity contribution is -0.113. The van der Waals surface area contributed by atoms with E-state index >= 15 is 0 Å². The predicted molar refractivity (Wildman–Crippen MR) is 122 cm³/mol. The first-order valence-electron chi connectivity index (χ1n) is 9.81. The van der Waals surface area contributed by atoms with E-state index < -0.39 is 0 Å². The number of imidazole rings is 1. The van der Waals surface area contributed by atoms with Crippen LogP contribution in [0.1, 0.15) is 34.0 Å². The molecule has 2 aromatic carbocycles. The molecule has 7 heteroatoms. The van der Waals surface area contributed by atoms with Crippen LogP contribution in [-0.2, 0) is 4.79 Å². The molecule has 6 nitrogen and oxygen atoms in total. The van der Waals surface area contributed by atoms with Crippen LogP contribution in [0.4, 0.5) is 5.69 Å². The van der Waals surface area contributed by atoms with Crippen molar-refractivity contribution >= 4 is 29.3 Å². The van der Waals surface area contributed by atoms with Gasteiger partial charge in [-0.15, -0.1) is 0 Å². The maximum atomic E-state index is 12.6. The third-order valence-corrected chi connectivity index (χ3v) is 5.50. The second-order valence-corrected chi connectivity index (χ2v) is 8.09. The summed E-state index contributed by atoms with van der Waals surface area (Å²) in [5.41, 5.74) is 5.44. The number of thioether (sulfide) groups is 1. The summed E-state index contributed by atoms with van der Waals surface area (Å²) in [6.45, 7) is 8.44. The van der Waals surface area contributed by atoms with E-state index in [0.717, 1.165) is 16.4 Å². The summed E-state index contributed by atoms with van der Waals surface area (Å²) in [6, 6.07) is 11.6. The summed E-state index contributed by atoms with van der Waals surface area (Å²) in [5, 5.41) is 6.43. The molecule has 0 bridgehead atoms. The van der Waals surface area contributed by atoms with Crippen molar-refractivity contribution < 1.29 is 9.59 Å². The van der Waals surface area contributed by atoms with Crippen molar-refractivity contribution in [1.29, 1.82) is 0 Å². The van der Waals surface area contributed by atoms with Crippen LogP contribution < -0.4 is 10.6 Å². The number of nitrogens with one attached hydrogen (secondary N) is 2. The fourth-order valence-electron chi connectivity index (χ4n) is 3.16. The normalized spacial score (nSPS) is 10.7. The van der Waals surface area contributed by atoms with Crippen LogP contribution >= 0.6 is 11.8 Å². The smallest absolute Gasteiger partial charge is 0.251 e. The quantitative estimate of drug-likeness (QED) is 0.557. The number of hydrogen-bond acceptors (Lipinski definition) is 4. The molecule has 0 fully saturated rings. The molecule has 0 aliphatic carbocycles. The molecule has 0 aliphatic heterocycles. The number of aromatic nitrogens is 2. The minimum absolute atomic E-state index is 0.147. The molecule has 30 heavy (non-hydrogen) atoms. The van der Waals surface area contributed by atoms with Crippen LogP contribution in [-0.4, -0.2) is 33.7 Å². The fourth-order valence-corrected chi connectivity index (χ4v) is 3.93. The van der Waals surface area contributed by atoms with Gasteiger partial charge in [0.1, 0.15) is 0 Å². The average molecular weight is 423 g/mol. The average Bonchev–Trinajstić information content (AvgIpc) is 3.16. The van der Waals surface area contributed by atoms with Crippen molar-refractivity contribution in [3.05, 3.63) is 71.0 Å². The Balaban J connectivity index is 1.68. The monoisotopic (exact) mass is 422 g/mol. The van der Waals surface area contributed by atoms with E-state index in [1.807, 2.05) is 30.7 Å². The lowest BCUT2D eigenvalue weighted by atomic mass is 10.1. The van der Waals surface area contributed by atoms with Crippen molar-refractivity contribution in [2.75, 3.05) is 17.6 Å². The number of nitrogens with zero attached hydrogens (tertiary/aromatic N) is 2. The SMILES string of the molecule is CCNC(=O)c1ccc(C)c(NC(=O)CSc2nccn2-c2cc(C)cc(C)c2)c1. The highest BCUT2D eigenvalue weighted by atomic mass is 32.2. The van der Waals surface area contributed by atoms with E-state index in [1.54, 1.807) is 18.3 Å². The van der Waals surface area contributed by atoms with Crippen molar-refractivity contribution in [2.45, 2.75) is 32.9 Å². The van der Waals surface area contributed by atoms with Gasteiger partial charge in [-0.2, -0.15) is 0 Å². The number of aryl methyl sites for hydroxylation is 3. The Bertz CT molecular complexity index is 1050. The van der Waals surface area contributed by atoms with Gasteiger partial charge in [0.15, 0.2) is 5.16 Å². The van der Waals surface area contributed by atoms with Gasteiger partial charge in [0, 0.05) is 35.9 Å². The fraction of sp³-hybridized carbons (Fsp3) is 0.261. The summed E-state index contributed by atoms with van der Waals surface area (Å²) in [4.78, 5) is 29.0. The lowest BCUT2D eigenvalue weighted by Crippen LogP contribution is -2.23. The number of anilines is 1. The highest BCUT2D eigenvalue weighted by molar-refractivity contribution is 7.99. The van der Waals surface area contributed by atoms with Gasteiger partial charge >= 0.3 is 0 Å². The van der Waals surface area contributed by atoms with E-state index in [2.05, 4.69) is 47.7 Å². The van der Waals surface area contributed by atoms with Crippen LogP contribution in [0.3, 0.4) is 0 Å². The van der Waals surface area contributed by atoms with E-state index in [0.29, 0.717) is 17.8 Å². The molecule has 0 radical (unpaired) electrons. The molecule has 3 aromatic rings. The van der Waals surface area contributed by atoms with Gasteiger partial charge in [0.05, 0.1) is 5.75 Å². The number of amides is 2. The summed E-state index contributed by atoms with van der Waals surface area (Å²) >= 11 is 1.37. The third kappa shape index (κ3) is 5.30. The Morgan fingerprint density at radius 3 is 2.50 bits per heavy atom. The molecule has 0 saturated carbocycles. The standard InChI is InChI=1S/C23H26N4O2S/c1-5-24-22(29)18-7-6-17(4)20(13-18)26-21(28)14-30-23-25-8-9-27(23)19-11-15(2)10-16(3)12-19/h6-13H,5,14H2,1-4H3,(H,24,29)(H,26,28). The summed E-state index contributed by atoms with van der Waals surface area (Å²) in [7, 11) is 0. The van der Waals surface area contributed by atoms with Crippen molar-refractivity contribution in [1.82, 2.24) is 14.9 Å². The van der Waals surface area contributed by atoms with Crippen LogP contribution in [0.25, 0.3) is 5.69 Å². The number of carbonyl (C=O) groups excluding carboxylic acids is 2. The number of benzene rings is 2. The minimum atomic E-state index is -0.155. The summed E-state index contributed by atoms with van der Waals surface area (Å²) < 4.78 is 1.99. The second kappa shape index (κ2) is 9.63. The van der Waals surface area contributed by atoms with Gasteiger partial charge in [0.25, 0.3) is 5.91 Å². The largest absolute Gasteiger partial charge is 0.352 e. The van der Waals surface area contributed by atoms with Crippen LogP contribution in [0.2, 0.25) is 0 Å². The van der Waals surface area contributed by atoms with Gasteiger partial charge in [-0.1, -0.05) is 23.9 Å². The molecule has 0 atom stereocenters. The van der Waals surface area contributed by atoms with Crippen LogP contribution in [0.5, 0.6) is 0 Å². The van der Waals surface area contributed by atoms with Gasteiger partial charge in [-0.3, -0.25) is 14.2 Å². The van der Waals surface area contributed by atoms with Gasteiger partial charge in [-0.25, -0.2) is 4.98 Å². The molecule has 1 heterocycles. The Hall–Kier alpha value is -3.06. The molecule has 156 valence electrons. The first-order valence-corrected chi connectivity index (χ1v) is 10.8. The Morgan fingerprint density at radius 1 is 1.07 bits per heavy atom. The van der Waals surface area contributed by atoms with Crippen molar-refractivity contribution in [3.8, 4) is 5.69 Å². The maximum Gasteiger partial charge on any atom is 0.251 e. The molecule has 0 saturated heterocycles. The van der Waals surface area contributed by atoms with Crippen LogP contribution in [0, 0.1) is 20.8 Å². The molecule has 0 spiro atoms. The zero-order valence-electron chi connectivity index (χ0n) is 17.7. The third-order valence-electron chi connectivity index (χ3n) is 4.53. The first kappa shape index (κ1) is 21.6. The molecule has 0 unspecified atom stereocenters.